The van der Waals surface area contributed by atoms with Crippen LogP contribution in [0.4, 0.5) is 4.79 Å². The zero-order chi connectivity index (χ0) is 25.4. The summed E-state index contributed by atoms with van der Waals surface area (Å²) in [6, 6.07) is 0. The lowest BCUT2D eigenvalue weighted by atomic mass is 10.0. The van der Waals surface area contributed by atoms with E-state index >= 15 is 0 Å². The van der Waals surface area contributed by atoms with Crippen molar-refractivity contribution in [3.8, 4) is 0 Å². The van der Waals surface area contributed by atoms with Crippen molar-refractivity contribution in [2.45, 2.75) is 13.3 Å². The molecule has 14 heteroatoms. The van der Waals surface area contributed by atoms with Crippen molar-refractivity contribution in [1.82, 2.24) is 15.5 Å². The molecule has 2 amide bonds. The number of aliphatic hydroxyl groups is 1. The van der Waals surface area contributed by atoms with Crippen LogP contribution in [-0.2, 0) is 38.1 Å². The van der Waals surface area contributed by atoms with E-state index in [1.54, 1.807) is 4.90 Å². The van der Waals surface area contributed by atoms with Crippen LogP contribution in [0.25, 0.3) is 0 Å². The predicted molar refractivity (Wildman–Crippen MR) is 120 cm³/mol. The van der Waals surface area contributed by atoms with Gasteiger partial charge in [0.25, 0.3) is 0 Å². The number of carbonyl (C=O) groups excluding carboxylic acids is 4. The second-order valence-electron chi connectivity index (χ2n) is 6.82. The molecule has 0 aliphatic rings. The molecule has 0 saturated carbocycles. The molecule has 2 radical (unpaired) electrons. The molecule has 0 unspecified atom stereocenters. The average Bonchev–Trinajstić information content (AvgIpc) is 2.78. The van der Waals surface area contributed by atoms with Crippen molar-refractivity contribution in [2.24, 2.45) is 0 Å². The fraction of sp³-hybridized carbons (Fsp3) is 0.800. The summed E-state index contributed by atoms with van der Waals surface area (Å²) in [4.78, 5) is 46.9. The van der Waals surface area contributed by atoms with E-state index in [0.29, 0.717) is 33.0 Å². The summed E-state index contributed by atoms with van der Waals surface area (Å²) >= 11 is 0. The third-order valence-corrected chi connectivity index (χ3v) is 3.81. The Morgan fingerprint density at radius 1 is 0.824 bits per heavy atom. The smallest absolute Gasteiger partial charge is 0.407 e. The molecule has 0 fully saturated rings. The van der Waals surface area contributed by atoms with Crippen molar-refractivity contribution in [1.29, 1.82) is 0 Å². The van der Waals surface area contributed by atoms with Gasteiger partial charge in [0.15, 0.2) is 7.85 Å². The summed E-state index contributed by atoms with van der Waals surface area (Å²) in [5, 5.41) is 14.0. The number of rotatable bonds is 22. The molecule has 0 spiro atoms. The van der Waals surface area contributed by atoms with Gasteiger partial charge in [-0.25, -0.2) is 9.59 Å². The Kier molecular flexibility index (Phi) is 21.0. The third kappa shape index (κ3) is 21.6. The minimum absolute atomic E-state index is 0.00919. The highest BCUT2D eigenvalue weighted by molar-refractivity contribution is 6.58. The minimum Gasteiger partial charge on any atom is -0.463 e. The van der Waals surface area contributed by atoms with E-state index in [1.165, 1.54) is 0 Å². The quantitative estimate of drug-likeness (QED) is 0.0861. The molecule has 194 valence electrons. The summed E-state index contributed by atoms with van der Waals surface area (Å²) < 4.78 is 25.3. The van der Waals surface area contributed by atoms with Crippen LogP contribution in [-0.4, -0.2) is 134 Å². The van der Waals surface area contributed by atoms with Crippen molar-refractivity contribution in [3.05, 3.63) is 0 Å². The van der Waals surface area contributed by atoms with Gasteiger partial charge in [-0.3, -0.25) is 9.69 Å². The van der Waals surface area contributed by atoms with Crippen LogP contribution in [0, 0.1) is 0 Å². The van der Waals surface area contributed by atoms with E-state index in [1.807, 2.05) is 6.92 Å². The highest BCUT2D eigenvalue weighted by atomic mass is 16.6. The summed E-state index contributed by atoms with van der Waals surface area (Å²) in [6.07, 6.45) is 0.290. The molecule has 0 saturated heterocycles. The Morgan fingerprint density at radius 2 is 1.50 bits per heavy atom. The normalized spacial score (nSPS) is 10.7. The molecular weight excluding hydrogens is 453 g/mol. The maximum Gasteiger partial charge on any atom is 0.407 e. The Labute approximate surface area is 201 Å². The number of hydrogen-bond donors (Lipinski definition) is 3. The van der Waals surface area contributed by atoms with E-state index in [2.05, 4.69) is 10.6 Å². The molecule has 0 aromatic carbocycles. The largest absolute Gasteiger partial charge is 0.463 e. The number of nitrogens with one attached hydrogen (secondary N) is 2. The number of carbonyl (C=O) groups is 4. The number of hydrogen-bond acceptors (Lipinski definition) is 11. The summed E-state index contributed by atoms with van der Waals surface area (Å²) in [6.45, 7) is 3.66. The molecule has 34 heavy (non-hydrogen) atoms. The van der Waals surface area contributed by atoms with E-state index < -0.39 is 30.3 Å². The maximum atomic E-state index is 11.6. The van der Waals surface area contributed by atoms with Gasteiger partial charge < -0.3 is 44.2 Å². The fourth-order valence-corrected chi connectivity index (χ4v) is 2.30. The maximum absolute atomic E-state index is 11.6. The molecule has 0 aliphatic carbocycles. The molecule has 0 heterocycles. The predicted octanol–water partition coefficient (Wildman–Crippen LogP) is -2.18. The summed E-state index contributed by atoms with van der Waals surface area (Å²) in [5.41, 5.74) is -0.552. The van der Waals surface area contributed by atoms with Crippen molar-refractivity contribution in [2.75, 3.05) is 92.2 Å². The molecule has 3 N–H and O–H groups in total. The first kappa shape index (κ1) is 31.7. The van der Waals surface area contributed by atoms with Crippen LogP contribution in [0.2, 0.25) is 0 Å². The molecule has 0 aromatic heterocycles. The lowest BCUT2D eigenvalue weighted by molar-refractivity contribution is -0.150. The zero-order valence-electron chi connectivity index (χ0n) is 19.8. The molecular formula is C20H36BN3O10. The summed E-state index contributed by atoms with van der Waals surface area (Å²) in [5.74, 6) is -1.07. The number of nitrogens with zero attached hydrogens (tertiary/aromatic N) is 1. The highest BCUT2D eigenvalue weighted by Crippen LogP contribution is 1.90. The Morgan fingerprint density at radius 3 is 2.12 bits per heavy atom. The van der Waals surface area contributed by atoms with Crippen LogP contribution >= 0.6 is 0 Å². The number of aliphatic hydroxyl groups excluding tert-OH is 1. The van der Waals surface area contributed by atoms with Crippen LogP contribution in [0.3, 0.4) is 0 Å². The average molecular weight is 489 g/mol. The molecule has 13 nitrogen and oxygen atoms in total. The van der Waals surface area contributed by atoms with Gasteiger partial charge in [0.1, 0.15) is 19.8 Å². The van der Waals surface area contributed by atoms with Gasteiger partial charge in [-0.15, -0.1) is 0 Å². The number of esters is 1. The second-order valence-corrected chi connectivity index (χ2v) is 6.82. The van der Waals surface area contributed by atoms with Gasteiger partial charge in [-0.2, -0.15) is 0 Å². The van der Waals surface area contributed by atoms with Crippen LogP contribution in [0.1, 0.15) is 13.3 Å². The molecule has 0 aliphatic heterocycles. The standard InChI is InChI=1S/C20H36BN3O10/c1-2-8-34-20(29)23-4-10-31-13-12-30-9-3-22-18(27)15-32-16-19(28)33-11-6-24(5-7-25)14-17(21)26/h25H,2-16H2,1H3,(H,22,27)(H,23,29). The molecule has 0 rings (SSSR count). The van der Waals surface area contributed by atoms with E-state index in [0.717, 1.165) is 6.42 Å². The van der Waals surface area contributed by atoms with Gasteiger partial charge in [0.2, 0.25) is 5.91 Å². The first-order chi connectivity index (χ1) is 16.4. The second kappa shape index (κ2) is 22.5. The van der Waals surface area contributed by atoms with Crippen molar-refractivity contribution >= 4 is 31.5 Å². The monoisotopic (exact) mass is 489 g/mol. The fourth-order valence-electron chi connectivity index (χ4n) is 2.30. The van der Waals surface area contributed by atoms with Gasteiger partial charge in [-0.1, -0.05) is 6.92 Å². The summed E-state index contributed by atoms with van der Waals surface area (Å²) in [7, 11) is 5.09. The topological polar surface area (TPSA) is 162 Å². The lowest BCUT2D eigenvalue weighted by Gasteiger charge is -2.19. The minimum atomic E-state index is -0.660. The van der Waals surface area contributed by atoms with Gasteiger partial charge in [0, 0.05) is 32.7 Å². The number of ether oxygens (including phenoxy) is 5. The third-order valence-electron chi connectivity index (χ3n) is 3.81. The van der Waals surface area contributed by atoms with E-state index in [9.17, 15) is 19.2 Å². The van der Waals surface area contributed by atoms with Gasteiger partial charge in [0.05, 0.1) is 45.3 Å². The first-order valence-electron chi connectivity index (χ1n) is 11.1. The van der Waals surface area contributed by atoms with Gasteiger partial charge in [-0.05, 0) is 6.42 Å². The number of amides is 2. The van der Waals surface area contributed by atoms with Crippen LogP contribution in [0.5, 0.6) is 0 Å². The molecule has 0 atom stereocenters. The van der Waals surface area contributed by atoms with Gasteiger partial charge >= 0.3 is 12.1 Å². The Balaban J connectivity index is 3.54. The first-order valence-corrected chi connectivity index (χ1v) is 11.1. The Hall–Kier alpha value is -2.26. The van der Waals surface area contributed by atoms with Crippen LogP contribution < -0.4 is 10.6 Å². The van der Waals surface area contributed by atoms with Crippen molar-refractivity contribution < 1.29 is 48.0 Å². The van der Waals surface area contributed by atoms with Crippen molar-refractivity contribution in [3.63, 3.8) is 0 Å². The lowest BCUT2D eigenvalue weighted by Crippen LogP contribution is -2.36. The highest BCUT2D eigenvalue weighted by Gasteiger charge is 2.10. The molecule has 0 aromatic rings. The van der Waals surface area contributed by atoms with E-state index in [-0.39, 0.29) is 52.6 Å². The number of alkyl carbamates (subject to hydrolysis) is 1. The zero-order valence-corrected chi connectivity index (χ0v) is 19.8. The molecule has 0 bridgehead atoms. The SMILES string of the molecule is [B]C(=O)CN(CCO)CCOC(=O)COCC(=O)NCCOCCOCCNC(=O)OCCC. The van der Waals surface area contributed by atoms with Crippen LogP contribution in [0.15, 0.2) is 0 Å². The Bertz CT molecular complexity index is 583. The van der Waals surface area contributed by atoms with E-state index in [4.69, 9.17) is 36.6 Å².